The summed E-state index contributed by atoms with van der Waals surface area (Å²) < 4.78 is 0. The molecule has 0 aliphatic heterocycles. The number of rotatable bonds is 7. The third kappa shape index (κ3) is 5.68. The Labute approximate surface area is 130 Å². The quantitative estimate of drug-likeness (QED) is 0.488. The molecule has 0 nitrogen and oxygen atoms in total. The first-order chi connectivity index (χ1) is 9.75. The molecule has 2 aromatic rings. The zero-order chi connectivity index (χ0) is 14.2. The summed E-state index contributed by atoms with van der Waals surface area (Å²) in [6, 6.07) is 22.2. The summed E-state index contributed by atoms with van der Waals surface area (Å²) in [7, 11) is 0.952. The van der Waals surface area contributed by atoms with E-state index < -0.39 is 14.3 Å². The van der Waals surface area contributed by atoms with E-state index in [0.717, 1.165) is 8.27 Å². The Morgan fingerprint density at radius 2 is 1.50 bits per heavy atom. The maximum atomic E-state index is 2.49. The van der Waals surface area contributed by atoms with Gasteiger partial charge in [0.05, 0.1) is 0 Å². The molecule has 0 N–H and O–H groups in total. The molecule has 0 saturated heterocycles. The van der Waals surface area contributed by atoms with Crippen LogP contribution < -0.4 is 10.6 Å². The standard InChI is InChI=1S/C17H23GeP2/c1-18(2)14-9-15-20(17-12-7-4-8-13-17)19-16-10-5-3-6-11-16/h3-8,10-13,19H,9,14-15H2,1-2H3. The Bertz CT molecular complexity index is 485. The van der Waals surface area contributed by atoms with Gasteiger partial charge in [-0.3, -0.25) is 0 Å². The van der Waals surface area contributed by atoms with Crippen LogP contribution in [0.4, 0.5) is 0 Å². The minimum atomic E-state index is -0.638. The Morgan fingerprint density at radius 3 is 2.10 bits per heavy atom. The first-order valence-electron chi connectivity index (χ1n) is 7.19. The normalized spacial score (nSPS) is 13.2. The van der Waals surface area contributed by atoms with Crippen molar-refractivity contribution >= 4 is 40.8 Å². The molecule has 0 bridgehead atoms. The molecule has 2 aromatic carbocycles. The predicted molar refractivity (Wildman–Crippen MR) is 99.2 cm³/mol. The van der Waals surface area contributed by atoms with E-state index in [0.29, 0.717) is 0 Å². The second-order valence-corrected chi connectivity index (χ2v) is 16.3. The van der Waals surface area contributed by atoms with Crippen LogP contribution in [0.1, 0.15) is 6.42 Å². The van der Waals surface area contributed by atoms with Crippen LogP contribution in [0, 0.1) is 0 Å². The Morgan fingerprint density at radius 1 is 0.900 bits per heavy atom. The van der Waals surface area contributed by atoms with Crippen LogP contribution in [0.2, 0.25) is 16.8 Å². The van der Waals surface area contributed by atoms with Crippen LogP contribution in [0.15, 0.2) is 60.7 Å². The summed E-state index contributed by atoms with van der Waals surface area (Å²) in [5, 5.41) is 4.62. The van der Waals surface area contributed by atoms with Gasteiger partial charge in [0.1, 0.15) is 0 Å². The van der Waals surface area contributed by atoms with E-state index in [1.165, 1.54) is 23.1 Å². The van der Waals surface area contributed by atoms with E-state index in [9.17, 15) is 0 Å². The molecule has 0 aliphatic rings. The number of hydrogen-bond donors (Lipinski definition) is 0. The van der Waals surface area contributed by atoms with Crippen molar-refractivity contribution in [2.24, 2.45) is 0 Å². The second-order valence-electron chi connectivity index (χ2n) is 5.28. The molecule has 0 fully saturated rings. The van der Waals surface area contributed by atoms with Crippen LogP contribution in [-0.4, -0.2) is 20.5 Å². The van der Waals surface area contributed by atoms with Crippen LogP contribution in [0.5, 0.6) is 0 Å². The van der Waals surface area contributed by atoms with Crippen molar-refractivity contribution in [1.82, 2.24) is 0 Å². The van der Waals surface area contributed by atoms with E-state index in [2.05, 4.69) is 72.2 Å². The van der Waals surface area contributed by atoms with Gasteiger partial charge in [0.25, 0.3) is 0 Å². The van der Waals surface area contributed by atoms with E-state index >= 15 is 0 Å². The van der Waals surface area contributed by atoms with Crippen molar-refractivity contribution in [2.75, 3.05) is 6.16 Å². The molecule has 0 heterocycles. The van der Waals surface area contributed by atoms with E-state index in [-0.39, 0.29) is 7.61 Å². The Hall–Kier alpha value is -0.157. The van der Waals surface area contributed by atoms with Crippen molar-refractivity contribution in [1.29, 1.82) is 0 Å². The zero-order valence-corrected chi connectivity index (χ0v) is 16.3. The molecule has 0 amide bonds. The van der Waals surface area contributed by atoms with E-state index in [4.69, 9.17) is 0 Å². The van der Waals surface area contributed by atoms with Crippen LogP contribution in [0.25, 0.3) is 0 Å². The summed E-state index contributed by atoms with van der Waals surface area (Å²) in [5.41, 5.74) is 0. The van der Waals surface area contributed by atoms with E-state index in [1.807, 2.05) is 0 Å². The maximum absolute atomic E-state index is 2.49. The first kappa shape index (κ1) is 16.2. The molecule has 2 atom stereocenters. The number of hydrogen-bond acceptors (Lipinski definition) is 0. The third-order valence-corrected chi connectivity index (χ3v) is 11.6. The van der Waals surface area contributed by atoms with Crippen molar-refractivity contribution < 1.29 is 0 Å². The van der Waals surface area contributed by atoms with Crippen LogP contribution in [-0.2, 0) is 0 Å². The Kier molecular flexibility index (Phi) is 7.28. The van der Waals surface area contributed by atoms with Crippen molar-refractivity contribution in [3.8, 4) is 0 Å². The molecule has 0 aliphatic carbocycles. The third-order valence-electron chi connectivity index (χ3n) is 3.16. The monoisotopic (exact) mass is 363 g/mol. The fourth-order valence-electron chi connectivity index (χ4n) is 2.12. The van der Waals surface area contributed by atoms with Crippen molar-refractivity contribution in [2.45, 2.75) is 23.2 Å². The minimum absolute atomic E-state index is 0.00827. The summed E-state index contributed by atoms with van der Waals surface area (Å²) in [6.45, 7) is 0. The van der Waals surface area contributed by atoms with Crippen molar-refractivity contribution in [3.05, 3.63) is 60.7 Å². The number of benzene rings is 2. The van der Waals surface area contributed by atoms with Gasteiger partial charge in [-0.05, 0) is 0 Å². The van der Waals surface area contributed by atoms with Crippen LogP contribution >= 0.6 is 15.9 Å². The molecule has 2 unspecified atom stereocenters. The van der Waals surface area contributed by atoms with Gasteiger partial charge in [-0.2, -0.15) is 0 Å². The summed E-state index contributed by atoms with van der Waals surface area (Å²) in [6.07, 6.45) is 2.84. The summed E-state index contributed by atoms with van der Waals surface area (Å²) in [5.74, 6) is 4.98. The van der Waals surface area contributed by atoms with Gasteiger partial charge >= 0.3 is 131 Å². The van der Waals surface area contributed by atoms with Gasteiger partial charge in [-0.1, -0.05) is 0 Å². The van der Waals surface area contributed by atoms with Crippen LogP contribution in [0.3, 0.4) is 0 Å². The second kappa shape index (κ2) is 8.98. The average Bonchev–Trinajstić information content (AvgIpc) is 2.48. The van der Waals surface area contributed by atoms with Gasteiger partial charge in [0.2, 0.25) is 0 Å². The average molecular weight is 362 g/mol. The van der Waals surface area contributed by atoms with Crippen molar-refractivity contribution in [3.63, 3.8) is 0 Å². The Balaban J connectivity index is 2.04. The topological polar surface area (TPSA) is 0 Å². The predicted octanol–water partition coefficient (Wildman–Crippen LogP) is 4.86. The van der Waals surface area contributed by atoms with Gasteiger partial charge < -0.3 is 0 Å². The summed E-state index contributed by atoms with van der Waals surface area (Å²) in [4.78, 5) is 0. The van der Waals surface area contributed by atoms with Gasteiger partial charge in [0.15, 0.2) is 0 Å². The fraction of sp³-hybridized carbons (Fsp3) is 0.294. The zero-order valence-electron chi connectivity index (χ0n) is 12.3. The van der Waals surface area contributed by atoms with Gasteiger partial charge in [-0.15, -0.1) is 0 Å². The molecular weight excluding hydrogens is 339 g/mol. The molecule has 0 saturated carbocycles. The molecule has 3 heteroatoms. The molecule has 20 heavy (non-hydrogen) atoms. The molecule has 0 spiro atoms. The van der Waals surface area contributed by atoms with Gasteiger partial charge in [0, 0.05) is 0 Å². The molecular formula is C17H23GeP2. The first-order valence-corrected chi connectivity index (χ1v) is 16.2. The SMILES string of the molecule is [CH3][Ge]([CH3])[CH2]CCP(Pc1ccccc1)c1ccccc1. The molecule has 1 radical (unpaired) electrons. The molecule has 2 rings (SSSR count). The molecule has 0 aromatic heterocycles. The molecule has 105 valence electrons. The van der Waals surface area contributed by atoms with E-state index in [1.54, 1.807) is 5.30 Å². The summed E-state index contributed by atoms with van der Waals surface area (Å²) >= 11 is -0.638. The fourth-order valence-corrected chi connectivity index (χ4v) is 9.78. The van der Waals surface area contributed by atoms with Gasteiger partial charge in [-0.25, -0.2) is 0 Å².